The number of benzene rings is 3. The summed E-state index contributed by atoms with van der Waals surface area (Å²) in [4.78, 5) is 3.75. The molecule has 0 radical (unpaired) electrons. The van der Waals surface area contributed by atoms with Gasteiger partial charge in [-0.2, -0.15) is 0 Å². The molecular weight excluding hydrogens is 400 g/mol. The third-order valence-electron chi connectivity index (χ3n) is 6.07. The Balaban J connectivity index is 2.48. The summed E-state index contributed by atoms with van der Waals surface area (Å²) < 4.78 is 0. The predicted molar refractivity (Wildman–Crippen MR) is 144 cm³/mol. The van der Waals surface area contributed by atoms with Crippen LogP contribution < -0.4 is 10.3 Å². The maximum Gasteiger partial charge on any atom is 0.276 e. The zero-order chi connectivity index (χ0) is 24.4. The average Bonchev–Trinajstić information content (AvgIpc) is 2.65. The summed E-state index contributed by atoms with van der Waals surface area (Å²) in [7, 11) is 0. The van der Waals surface area contributed by atoms with Crippen molar-refractivity contribution in [1.29, 1.82) is 0 Å². The van der Waals surface area contributed by atoms with Gasteiger partial charge in [-0.15, -0.1) is 0 Å². The van der Waals surface area contributed by atoms with E-state index in [-0.39, 0.29) is 0 Å². The lowest BCUT2D eigenvalue weighted by molar-refractivity contribution is -0.495. The van der Waals surface area contributed by atoms with Gasteiger partial charge in [0, 0.05) is 0 Å². The zero-order valence-electron chi connectivity index (χ0n) is 22.2. The maximum absolute atomic E-state index is 3.75. The summed E-state index contributed by atoms with van der Waals surface area (Å²) in [6, 6.07) is 16.6. The average molecular weight is 442 g/mol. The largest absolute Gasteiger partial charge is 0.276 e. The Morgan fingerprint density at radius 2 is 1.06 bits per heavy atom. The first-order valence-electron chi connectivity index (χ1n) is 12.2. The topological polar surface area (TPSA) is 26.0 Å². The molecule has 2 nitrogen and oxygen atoms in total. The highest BCUT2D eigenvalue weighted by Gasteiger charge is 2.25. The van der Waals surface area contributed by atoms with Crippen molar-refractivity contribution in [2.45, 2.75) is 81.3 Å². The van der Waals surface area contributed by atoms with Gasteiger partial charge < -0.3 is 0 Å². The Morgan fingerprint density at radius 3 is 1.39 bits per heavy atom. The number of hydrogen-bond donors (Lipinski definition) is 2. The van der Waals surface area contributed by atoms with Gasteiger partial charge in [-0.05, 0) is 114 Å². The molecule has 2 heteroatoms. The van der Waals surface area contributed by atoms with E-state index in [1.165, 1.54) is 61.2 Å². The first-order valence-corrected chi connectivity index (χ1v) is 12.2. The van der Waals surface area contributed by atoms with Crippen LogP contribution in [0.2, 0.25) is 0 Å². The molecule has 0 aliphatic carbocycles. The zero-order valence-corrected chi connectivity index (χ0v) is 22.2. The predicted octanol–water partition coefficient (Wildman–Crippen LogP) is 6.10. The van der Waals surface area contributed by atoms with Crippen LogP contribution in [-0.2, 0) is 0 Å². The van der Waals surface area contributed by atoms with Crippen molar-refractivity contribution in [1.82, 2.24) is 5.32 Å². The lowest BCUT2D eigenvalue weighted by Crippen LogP contribution is -2.81. The van der Waals surface area contributed by atoms with Crippen molar-refractivity contribution in [3.8, 4) is 22.3 Å². The number of nitrogens with one attached hydrogen (secondary N) is 2. The van der Waals surface area contributed by atoms with Gasteiger partial charge >= 0.3 is 0 Å². The molecule has 33 heavy (non-hydrogen) atoms. The molecule has 0 aromatic heterocycles. The molecule has 0 aliphatic heterocycles. The second kappa shape index (κ2) is 9.95. The minimum Gasteiger partial charge on any atom is -0.272 e. The van der Waals surface area contributed by atoms with Gasteiger partial charge in [-0.25, -0.2) is 0 Å². The molecule has 0 spiro atoms. The number of hydrogen-bond acceptors (Lipinski definition) is 0. The molecular formula is C31H41N2+. The molecule has 3 aromatic rings. The molecule has 0 aliphatic rings. The first-order chi connectivity index (χ1) is 15.5. The van der Waals surface area contributed by atoms with E-state index in [4.69, 9.17) is 0 Å². The number of amidine groups is 1. The van der Waals surface area contributed by atoms with Gasteiger partial charge in [0.2, 0.25) is 0 Å². The molecule has 174 valence electrons. The highest BCUT2D eigenvalue weighted by molar-refractivity contribution is 6.08. The van der Waals surface area contributed by atoms with Gasteiger partial charge in [0.1, 0.15) is 0 Å². The van der Waals surface area contributed by atoms with Crippen molar-refractivity contribution < 1.29 is 4.99 Å². The van der Waals surface area contributed by atoms with E-state index in [1.54, 1.807) is 0 Å². The molecule has 0 unspecified atom stereocenters. The second-order valence-corrected chi connectivity index (χ2v) is 10.2. The van der Waals surface area contributed by atoms with Gasteiger partial charge in [-0.3, -0.25) is 10.3 Å². The number of aryl methyl sites for hydroxylation is 6. The summed E-state index contributed by atoms with van der Waals surface area (Å²) in [5, 5.41) is 3.75. The quantitative estimate of drug-likeness (QED) is 0.363. The molecule has 0 heterocycles. The van der Waals surface area contributed by atoms with E-state index >= 15 is 0 Å². The van der Waals surface area contributed by atoms with Crippen LogP contribution in [0, 0.1) is 41.5 Å². The molecule has 0 amide bonds. The van der Waals surface area contributed by atoms with Crippen LogP contribution in [0.25, 0.3) is 22.3 Å². The summed E-state index contributed by atoms with van der Waals surface area (Å²) in [6.07, 6.45) is 0. The number of rotatable bonds is 5. The van der Waals surface area contributed by atoms with Crippen molar-refractivity contribution >= 4 is 5.84 Å². The van der Waals surface area contributed by atoms with E-state index < -0.39 is 0 Å². The standard InChI is InChI=1S/C31H40N2/c1-18(2)32-31(33-19(3)4)30-26(28-22(7)14-20(5)15-23(28)8)12-11-13-27(30)29-24(9)16-21(6)17-25(29)10/h11-19H,1-10H3,(H,32,33)/p+1. The van der Waals surface area contributed by atoms with E-state index in [0.29, 0.717) is 12.1 Å². The molecule has 0 bridgehead atoms. The van der Waals surface area contributed by atoms with E-state index in [0.717, 1.165) is 5.84 Å². The van der Waals surface area contributed by atoms with Crippen molar-refractivity contribution in [2.75, 3.05) is 0 Å². The minimum atomic E-state index is 0.313. The highest BCUT2D eigenvalue weighted by Crippen LogP contribution is 2.38. The summed E-state index contributed by atoms with van der Waals surface area (Å²) in [6.45, 7) is 22.1. The minimum absolute atomic E-state index is 0.313. The van der Waals surface area contributed by atoms with E-state index in [2.05, 4.69) is 122 Å². The van der Waals surface area contributed by atoms with Gasteiger partial charge in [-0.1, -0.05) is 53.6 Å². The Morgan fingerprint density at radius 1 is 0.667 bits per heavy atom. The van der Waals surface area contributed by atoms with Crippen LogP contribution in [0.4, 0.5) is 0 Å². The molecule has 0 saturated heterocycles. The monoisotopic (exact) mass is 441 g/mol. The summed E-state index contributed by atoms with van der Waals surface area (Å²) in [5.74, 6) is 1.10. The van der Waals surface area contributed by atoms with Crippen molar-refractivity contribution in [3.05, 3.63) is 81.4 Å². The molecule has 2 N–H and O–H groups in total. The third-order valence-corrected chi connectivity index (χ3v) is 6.07. The van der Waals surface area contributed by atoms with Crippen LogP contribution in [-0.4, -0.2) is 17.9 Å². The van der Waals surface area contributed by atoms with Crippen LogP contribution in [0.1, 0.15) is 66.6 Å². The lowest BCUT2D eigenvalue weighted by atomic mass is 9.84. The van der Waals surface area contributed by atoms with Gasteiger partial charge in [0.15, 0.2) is 0 Å². The van der Waals surface area contributed by atoms with Gasteiger partial charge in [0.25, 0.3) is 5.84 Å². The van der Waals surface area contributed by atoms with E-state index in [9.17, 15) is 0 Å². The summed E-state index contributed by atoms with van der Waals surface area (Å²) >= 11 is 0. The van der Waals surface area contributed by atoms with Gasteiger partial charge in [0.05, 0.1) is 17.6 Å². The van der Waals surface area contributed by atoms with Crippen LogP contribution in [0.3, 0.4) is 0 Å². The Hall–Kier alpha value is -2.87. The fourth-order valence-electron chi connectivity index (χ4n) is 5.21. The third kappa shape index (κ3) is 5.38. The fraction of sp³-hybridized carbons (Fsp3) is 0.387. The SMILES string of the molecule is Cc1cc(C)c(-c2cccc(-c3c(C)cc(C)cc3C)c2C(NC(C)C)=[NH+]C(C)C)c(C)c1. The molecule has 0 atom stereocenters. The molecule has 3 aromatic carbocycles. The Labute approximate surface area is 201 Å². The Kier molecular flexibility index (Phi) is 7.47. The molecule has 3 rings (SSSR count). The van der Waals surface area contributed by atoms with Crippen LogP contribution >= 0.6 is 0 Å². The fourth-order valence-corrected chi connectivity index (χ4v) is 5.21. The van der Waals surface area contributed by atoms with Crippen molar-refractivity contribution in [2.24, 2.45) is 0 Å². The lowest BCUT2D eigenvalue weighted by Gasteiger charge is -2.21. The normalized spacial score (nSPS) is 12.1. The van der Waals surface area contributed by atoms with Crippen LogP contribution in [0.5, 0.6) is 0 Å². The molecule has 0 fully saturated rings. The Bertz CT molecular complexity index is 1070. The highest BCUT2D eigenvalue weighted by atomic mass is 15.0. The smallest absolute Gasteiger partial charge is 0.272 e. The van der Waals surface area contributed by atoms with E-state index in [1.807, 2.05) is 0 Å². The maximum atomic E-state index is 3.75. The summed E-state index contributed by atoms with van der Waals surface area (Å²) in [5.41, 5.74) is 14.3. The second-order valence-electron chi connectivity index (χ2n) is 10.2. The van der Waals surface area contributed by atoms with Crippen LogP contribution in [0.15, 0.2) is 42.5 Å². The molecule has 0 saturated carbocycles. The first kappa shape index (κ1) is 24.8. The van der Waals surface area contributed by atoms with Crippen molar-refractivity contribution in [3.63, 3.8) is 0 Å².